The Morgan fingerprint density at radius 1 is 0.731 bits per heavy atom. The fourth-order valence-corrected chi connectivity index (χ4v) is 4.55. The lowest BCUT2D eigenvalue weighted by Gasteiger charge is -2.22. The summed E-state index contributed by atoms with van der Waals surface area (Å²) in [6.07, 6.45) is -1.48. The Hall–Kier alpha value is -2.76. The van der Waals surface area contributed by atoms with Gasteiger partial charge in [-0.05, 0) is 17.7 Å². The van der Waals surface area contributed by atoms with Crippen LogP contribution < -0.4 is 0 Å². The zero-order valence-corrected chi connectivity index (χ0v) is 14.7. The van der Waals surface area contributed by atoms with Crippen molar-refractivity contribution < 1.29 is 18.3 Å². The van der Waals surface area contributed by atoms with Crippen LogP contribution in [0.1, 0.15) is 22.0 Å². The Morgan fingerprint density at radius 3 is 1.73 bits per heavy atom. The molecule has 0 heterocycles. The van der Waals surface area contributed by atoms with Crippen molar-refractivity contribution in [2.24, 2.45) is 0 Å². The van der Waals surface area contributed by atoms with Crippen molar-refractivity contribution in [3.8, 4) is 0 Å². The van der Waals surface area contributed by atoms with E-state index in [1.807, 2.05) is 0 Å². The third-order valence-corrected chi connectivity index (χ3v) is 6.22. The average Bonchev–Trinajstić information content (AvgIpc) is 2.70. The summed E-state index contributed by atoms with van der Waals surface area (Å²) in [6, 6.07) is 24.3. The van der Waals surface area contributed by atoms with E-state index in [0.29, 0.717) is 5.56 Å². The first kappa shape index (κ1) is 18.0. The molecule has 4 nitrogen and oxygen atoms in total. The molecule has 132 valence electrons. The summed E-state index contributed by atoms with van der Waals surface area (Å²) in [5, 5.41) is 9.18. The second kappa shape index (κ2) is 7.64. The number of ketones is 1. The van der Waals surface area contributed by atoms with E-state index in [4.69, 9.17) is 0 Å². The summed E-state index contributed by atoms with van der Waals surface area (Å²) in [5.74, 6) is -0.634. The van der Waals surface area contributed by atoms with Crippen LogP contribution in [0, 0.1) is 0 Å². The fourth-order valence-electron chi connectivity index (χ4n) is 2.80. The standard InChI is InChI=1S/C21H18O4S/c22-19(16-10-4-1-5-11-16)21(20(23)17-12-6-2-7-13-17)26(24,25)18-14-8-3-9-15-18/h1-15,19,21-22H. The first-order valence-corrected chi connectivity index (χ1v) is 9.67. The summed E-state index contributed by atoms with van der Waals surface area (Å²) >= 11 is 0. The summed E-state index contributed by atoms with van der Waals surface area (Å²) in [6.45, 7) is 0. The number of aliphatic hydroxyl groups is 1. The van der Waals surface area contributed by atoms with Gasteiger partial charge in [0.25, 0.3) is 0 Å². The molecule has 26 heavy (non-hydrogen) atoms. The first-order valence-electron chi connectivity index (χ1n) is 8.13. The van der Waals surface area contributed by atoms with Crippen LogP contribution in [0.5, 0.6) is 0 Å². The molecule has 0 amide bonds. The number of carbonyl (C=O) groups is 1. The van der Waals surface area contributed by atoms with E-state index < -0.39 is 27.0 Å². The largest absolute Gasteiger partial charge is 0.387 e. The minimum Gasteiger partial charge on any atom is -0.387 e. The van der Waals surface area contributed by atoms with E-state index in [9.17, 15) is 18.3 Å². The van der Waals surface area contributed by atoms with Crippen molar-refractivity contribution in [1.29, 1.82) is 0 Å². The number of hydrogen-bond acceptors (Lipinski definition) is 4. The van der Waals surface area contributed by atoms with E-state index in [-0.39, 0.29) is 10.5 Å². The van der Waals surface area contributed by atoms with E-state index in [0.717, 1.165) is 0 Å². The van der Waals surface area contributed by atoms with Crippen LogP contribution in [-0.2, 0) is 9.84 Å². The Morgan fingerprint density at radius 2 is 1.19 bits per heavy atom. The Bertz CT molecular complexity index is 968. The topological polar surface area (TPSA) is 71.4 Å². The van der Waals surface area contributed by atoms with Gasteiger partial charge in [0.2, 0.25) is 0 Å². The molecule has 5 heteroatoms. The Labute approximate surface area is 152 Å². The summed E-state index contributed by atoms with van der Waals surface area (Å²) in [4.78, 5) is 13.0. The van der Waals surface area contributed by atoms with Crippen LogP contribution in [-0.4, -0.2) is 24.6 Å². The van der Waals surface area contributed by atoms with Crippen LogP contribution in [0.3, 0.4) is 0 Å². The third-order valence-electron chi connectivity index (χ3n) is 4.15. The molecule has 0 aliphatic carbocycles. The van der Waals surface area contributed by atoms with Gasteiger partial charge in [0.05, 0.1) is 4.90 Å². The summed E-state index contributed by atoms with van der Waals surface area (Å²) < 4.78 is 26.4. The smallest absolute Gasteiger partial charge is 0.191 e. The number of carbonyl (C=O) groups excluding carboxylic acids is 1. The van der Waals surface area contributed by atoms with E-state index >= 15 is 0 Å². The van der Waals surface area contributed by atoms with Gasteiger partial charge in [-0.2, -0.15) is 0 Å². The quantitative estimate of drug-likeness (QED) is 0.678. The van der Waals surface area contributed by atoms with Crippen molar-refractivity contribution in [1.82, 2.24) is 0 Å². The predicted octanol–water partition coefficient (Wildman–Crippen LogP) is 3.45. The molecule has 0 saturated heterocycles. The highest BCUT2D eigenvalue weighted by Crippen LogP contribution is 2.29. The van der Waals surface area contributed by atoms with Crippen LogP contribution in [0.25, 0.3) is 0 Å². The lowest BCUT2D eigenvalue weighted by molar-refractivity contribution is 0.0889. The maximum absolute atomic E-state index is 13.2. The monoisotopic (exact) mass is 366 g/mol. The van der Waals surface area contributed by atoms with Crippen molar-refractivity contribution in [3.05, 3.63) is 102 Å². The normalized spacial score (nSPS) is 13.7. The molecule has 0 spiro atoms. The molecule has 0 saturated carbocycles. The zero-order chi connectivity index (χ0) is 18.6. The van der Waals surface area contributed by atoms with Crippen molar-refractivity contribution in [2.45, 2.75) is 16.2 Å². The Balaban J connectivity index is 2.12. The van der Waals surface area contributed by atoms with Gasteiger partial charge in [0.1, 0.15) is 6.10 Å². The van der Waals surface area contributed by atoms with Crippen molar-refractivity contribution >= 4 is 15.6 Å². The highest BCUT2D eigenvalue weighted by molar-refractivity contribution is 7.93. The second-order valence-electron chi connectivity index (χ2n) is 5.86. The SMILES string of the molecule is O=C(c1ccccc1)C(C(O)c1ccccc1)S(=O)(=O)c1ccccc1. The number of Topliss-reactive ketones (excluding diaryl/α,β-unsaturated/α-hetero) is 1. The summed E-state index contributed by atoms with van der Waals surface area (Å²) in [7, 11) is -4.10. The molecule has 3 aromatic rings. The maximum Gasteiger partial charge on any atom is 0.191 e. The molecule has 0 aliphatic rings. The lowest BCUT2D eigenvalue weighted by Crippen LogP contribution is -2.36. The van der Waals surface area contributed by atoms with Gasteiger partial charge in [0, 0.05) is 5.56 Å². The van der Waals surface area contributed by atoms with E-state index in [2.05, 4.69) is 0 Å². The lowest BCUT2D eigenvalue weighted by atomic mass is 10.00. The first-order chi connectivity index (χ1) is 12.5. The molecular formula is C21H18O4S. The molecule has 0 bridgehead atoms. The third kappa shape index (κ3) is 3.59. The van der Waals surface area contributed by atoms with E-state index in [1.165, 1.54) is 12.1 Å². The molecule has 0 aromatic heterocycles. The molecule has 0 radical (unpaired) electrons. The number of hydrogen-bond donors (Lipinski definition) is 1. The van der Waals surface area contributed by atoms with Gasteiger partial charge >= 0.3 is 0 Å². The van der Waals surface area contributed by atoms with Gasteiger partial charge < -0.3 is 5.11 Å². The summed E-state index contributed by atoms with van der Waals surface area (Å²) in [5.41, 5.74) is 0.619. The Kier molecular flexibility index (Phi) is 5.30. The molecule has 3 rings (SSSR count). The maximum atomic E-state index is 13.2. The zero-order valence-electron chi connectivity index (χ0n) is 13.9. The van der Waals surface area contributed by atoms with Gasteiger partial charge in [-0.25, -0.2) is 8.42 Å². The van der Waals surface area contributed by atoms with Gasteiger partial charge in [-0.3, -0.25) is 4.79 Å². The minimum atomic E-state index is -4.10. The number of sulfone groups is 1. The highest BCUT2D eigenvalue weighted by Gasteiger charge is 2.40. The van der Waals surface area contributed by atoms with Crippen molar-refractivity contribution in [2.75, 3.05) is 0 Å². The molecule has 3 aromatic carbocycles. The molecule has 0 aliphatic heterocycles. The van der Waals surface area contributed by atoms with Crippen molar-refractivity contribution in [3.63, 3.8) is 0 Å². The average molecular weight is 366 g/mol. The minimum absolute atomic E-state index is 0.00395. The van der Waals surface area contributed by atoms with E-state index in [1.54, 1.807) is 78.9 Å². The molecule has 1 N–H and O–H groups in total. The van der Waals surface area contributed by atoms with Crippen LogP contribution in [0.15, 0.2) is 95.9 Å². The second-order valence-corrected chi connectivity index (χ2v) is 7.93. The fraction of sp³-hybridized carbons (Fsp3) is 0.0952. The van der Waals surface area contributed by atoms with Gasteiger partial charge in [0.15, 0.2) is 20.9 Å². The van der Waals surface area contributed by atoms with Crippen LogP contribution >= 0.6 is 0 Å². The highest BCUT2D eigenvalue weighted by atomic mass is 32.2. The number of benzene rings is 3. The molecule has 2 unspecified atom stereocenters. The molecule has 2 atom stereocenters. The number of rotatable bonds is 6. The van der Waals surface area contributed by atoms with Crippen LogP contribution in [0.2, 0.25) is 0 Å². The molecular weight excluding hydrogens is 348 g/mol. The molecule has 0 fully saturated rings. The number of aliphatic hydroxyl groups excluding tert-OH is 1. The predicted molar refractivity (Wildman–Crippen MR) is 99.6 cm³/mol. The van der Waals surface area contributed by atoms with Crippen LogP contribution in [0.4, 0.5) is 0 Å². The van der Waals surface area contributed by atoms with Gasteiger partial charge in [-0.15, -0.1) is 0 Å². The van der Waals surface area contributed by atoms with Gasteiger partial charge in [-0.1, -0.05) is 78.9 Å².